The predicted octanol–water partition coefficient (Wildman–Crippen LogP) is 13.3. The molecule has 0 rings (SSSR count). The number of allylic oxidation sites excluding steroid dienone is 14. The predicted molar refractivity (Wildman–Crippen MR) is 224 cm³/mol. The molecule has 0 amide bonds. The van der Waals surface area contributed by atoms with E-state index in [0.717, 1.165) is 57.8 Å². The zero-order valence-electron chi connectivity index (χ0n) is 34.0. The van der Waals surface area contributed by atoms with Gasteiger partial charge in [0.1, 0.15) is 13.2 Å². The third-order valence-electron chi connectivity index (χ3n) is 8.46. The SMILES string of the molecule is CC\C=C/C=C\C=C/C=C\CCCCCC(=O)OCC(COC(=O)CCC/C=C\CCCCCC)OC(=O)CC/C=C\C/C=C\CCCCCCCC. The maximum Gasteiger partial charge on any atom is 0.306 e. The number of hydrogen-bond acceptors (Lipinski definition) is 6. The number of carbonyl (C=O) groups excluding carboxylic acids is 3. The van der Waals surface area contributed by atoms with Crippen molar-refractivity contribution in [3.8, 4) is 0 Å². The van der Waals surface area contributed by atoms with Crippen LogP contribution < -0.4 is 0 Å². The van der Waals surface area contributed by atoms with E-state index < -0.39 is 12.1 Å². The van der Waals surface area contributed by atoms with Crippen LogP contribution in [0.15, 0.2) is 85.1 Å². The molecule has 0 heterocycles. The first kappa shape index (κ1) is 49.6. The molecular weight excluding hydrogens is 661 g/mol. The van der Waals surface area contributed by atoms with E-state index in [4.69, 9.17) is 14.2 Å². The van der Waals surface area contributed by atoms with E-state index in [0.29, 0.717) is 19.3 Å². The van der Waals surface area contributed by atoms with Gasteiger partial charge >= 0.3 is 17.9 Å². The van der Waals surface area contributed by atoms with Gasteiger partial charge in [-0.3, -0.25) is 14.4 Å². The Hall–Kier alpha value is -3.41. The van der Waals surface area contributed by atoms with Crippen LogP contribution in [0.4, 0.5) is 0 Å². The van der Waals surface area contributed by atoms with E-state index in [1.165, 1.54) is 64.2 Å². The van der Waals surface area contributed by atoms with Gasteiger partial charge in [0.05, 0.1) is 0 Å². The monoisotopic (exact) mass is 737 g/mol. The fraction of sp³-hybridized carbons (Fsp3) is 0.638. The van der Waals surface area contributed by atoms with Gasteiger partial charge in [-0.1, -0.05) is 164 Å². The molecule has 6 nitrogen and oxygen atoms in total. The Balaban J connectivity index is 4.57. The van der Waals surface area contributed by atoms with Crippen molar-refractivity contribution >= 4 is 17.9 Å². The number of ether oxygens (including phenoxy) is 3. The molecule has 0 aromatic carbocycles. The van der Waals surface area contributed by atoms with Crippen molar-refractivity contribution in [1.82, 2.24) is 0 Å². The summed E-state index contributed by atoms with van der Waals surface area (Å²) >= 11 is 0. The smallest absolute Gasteiger partial charge is 0.306 e. The molecule has 0 fully saturated rings. The second-order valence-corrected chi connectivity index (χ2v) is 13.6. The standard InChI is InChI=1S/C47H76O6/c1-4-7-10-13-16-19-21-23-25-28-31-34-37-40-46(49)52-43-44(42-51-45(48)39-36-33-30-27-18-15-12-9-6-3)53-47(50)41-38-35-32-29-26-24-22-20-17-14-11-8-5-2/h7,10,13,16,19,21,23-27,30,32,35,44H,4-6,8-9,11-12,14-15,17-18,20,22,28-29,31,33-34,36-43H2,1-3H3/b10-7-,16-13-,21-19-,25-23-,26-24-,30-27-,35-32-. The summed E-state index contributed by atoms with van der Waals surface area (Å²) in [6.45, 7) is 6.30. The maximum absolute atomic E-state index is 12.6. The molecule has 0 aromatic heterocycles. The van der Waals surface area contributed by atoms with Crippen LogP contribution in [-0.2, 0) is 28.6 Å². The third-order valence-corrected chi connectivity index (χ3v) is 8.46. The highest BCUT2D eigenvalue weighted by Crippen LogP contribution is 2.10. The Kier molecular flexibility index (Phi) is 38.7. The molecule has 0 spiro atoms. The van der Waals surface area contributed by atoms with Gasteiger partial charge in [0.25, 0.3) is 0 Å². The topological polar surface area (TPSA) is 78.9 Å². The number of hydrogen-bond donors (Lipinski definition) is 0. The Morgan fingerprint density at radius 3 is 1.49 bits per heavy atom. The highest BCUT2D eigenvalue weighted by Gasteiger charge is 2.19. The molecule has 0 aliphatic carbocycles. The zero-order chi connectivity index (χ0) is 38.7. The molecule has 0 aliphatic rings. The van der Waals surface area contributed by atoms with Crippen molar-refractivity contribution in [3.63, 3.8) is 0 Å². The Morgan fingerprint density at radius 1 is 0.415 bits per heavy atom. The summed E-state index contributed by atoms with van der Waals surface area (Å²) in [6, 6.07) is 0. The van der Waals surface area contributed by atoms with Gasteiger partial charge in [-0.15, -0.1) is 0 Å². The zero-order valence-corrected chi connectivity index (χ0v) is 34.0. The quantitative estimate of drug-likeness (QED) is 0.0209. The minimum Gasteiger partial charge on any atom is -0.462 e. The van der Waals surface area contributed by atoms with E-state index in [2.05, 4.69) is 63.3 Å². The maximum atomic E-state index is 12.6. The van der Waals surface area contributed by atoms with E-state index in [1.54, 1.807) is 0 Å². The van der Waals surface area contributed by atoms with Crippen molar-refractivity contribution in [2.45, 2.75) is 181 Å². The average Bonchev–Trinajstić information content (AvgIpc) is 3.15. The van der Waals surface area contributed by atoms with Gasteiger partial charge in [0, 0.05) is 19.3 Å². The highest BCUT2D eigenvalue weighted by molar-refractivity contribution is 5.71. The molecule has 6 heteroatoms. The lowest BCUT2D eigenvalue weighted by molar-refractivity contribution is -0.166. The number of rotatable bonds is 36. The summed E-state index contributed by atoms with van der Waals surface area (Å²) in [7, 11) is 0. The molecule has 53 heavy (non-hydrogen) atoms. The molecule has 1 unspecified atom stereocenters. The van der Waals surface area contributed by atoms with Gasteiger partial charge in [-0.2, -0.15) is 0 Å². The lowest BCUT2D eigenvalue weighted by atomic mass is 10.1. The van der Waals surface area contributed by atoms with Crippen LogP contribution in [0.25, 0.3) is 0 Å². The second-order valence-electron chi connectivity index (χ2n) is 13.6. The lowest BCUT2D eigenvalue weighted by Crippen LogP contribution is -2.30. The molecule has 0 radical (unpaired) electrons. The van der Waals surface area contributed by atoms with Crippen molar-refractivity contribution in [2.24, 2.45) is 0 Å². The molecule has 1 atom stereocenters. The van der Waals surface area contributed by atoms with Gasteiger partial charge in [-0.25, -0.2) is 0 Å². The molecule has 0 bridgehead atoms. The first-order chi connectivity index (χ1) is 26.0. The molecule has 0 aromatic rings. The molecular formula is C47H76O6. The minimum atomic E-state index is -0.831. The van der Waals surface area contributed by atoms with Gasteiger partial charge < -0.3 is 14.2 Å². The summed E-state index contributed by atoms with van der Waals surface area (Å²) in [5.74, 6) is -1.08. The summed E-state index contributed by atoms with van der Waals surface area (Å²) in [4.78, 5) is 37.5. The van der Waals surface area contributed by atoms with E-state index >= 15 is 0 Å². The average molecular weight is 737 g/mol. The van der Waals surface area contributed by atoms with Gasteiger partial charge in [0.2, 0.25) is 0 Å². The van der Waals surface area contributed by atoms with E-state index in [9.17, 15) is 14.4 Å². The number of esters is 3. The Bertz CT molecular complexity index is 1080. The normalized spacial score (nSPS) is 12.9. The molecule has 0 N–H and O–H groups in total. The van der Waals surface area contributed by atoms with Crippen LogP contribution in [0.3, 0.4) is 0 Å². The third kappa shape index (κ3) is 39.6. The van der Waals surface area contributed by atoms with Crippen LogP contribution in [0, 0.1) is 0 Å². The Morgan fingerprint density at radius 2 is 0.868 bits per heavy atom. The fourth-order valence-electron chi connectivity index (χ4n) is 5.27. The molecule has 0 saturated carbocycles. The first-order valence-electron chi connectivity index (χ1n) is 21.1. The van der Waals surface area contributed by atoms with Gasteiger partial charge in [-0.05, 0) is 77.0 Å². The molecule has 0 saturated heterocycles. The lowest BCUT2D eigenvalue weighted by Gasteiger charge is -2.18. The van der Waals surface area contributed by atoms with Gasteiger partial charge in [0.15, 0.2) is 6.10 Å². The van der Waals surface area contributed by atoms with Crippen molar-refractivity contribution in [3.05, 3.63) is 85.1 Å². The van der Waals surface area contributed by atoms with Crippen LogP contribution in [-0.4, -0.2) is 37.2 Å². The largest absolute Gasteiger partial charge is 0.462 e. The highest BCUT2D eigenvalue weighted by atomic mass is 16.6. The van der Waals surface area contributed by atoms with Crippen molar-refractivity contribution in [1.29, 1.82) is 0 Å². The van der Waals surface area contributed by atoms with E-state index in [1.807, 2.05) is 42.5 Å². The Labute approximate surface area is 325 Å². The van der Waals surface area contributed by atoms with Crippen LogP contribution in [0.2, 0.25) is 0 Å². The van der Waals surface area contributed by atoms with Crippen LogP contribution in [0.1, 0.15) is 175 Å². The van der Waals surface area contributed by atoms with Crippen LogP contribution >= 0.6 is 0 Å². The number of unbranched alkanes of at least 4 members (excludes halogenated alkanes) is 14. The number of carbonyl (C=O) groups is 3. The summed E-state index contributed by atoms with van der Waals surface area (Å²) in [5.41, 5.74) is 0. The van der Waals surface area contributed by atoms with Crippen molar-refractivity contribution in [2.75, 3.05) is 13.2 Å². The summed E-state index contributed by atoms with van der Waals surface area (Å²) in [5, 5.41) is 0. The fourth-order valence-corrected chi connectivity index (χ4v) is 5.27. The summed E-state index contributed by atoms with van der Waals surface area (Å²) < 4.78 is 16.5. The van der Waals surface area contributed by atoms with Crippen molar-refractivity contribution < 1.29 is 28.6 Å². The summed E-state index contributed by atoms with van der Waals surface area (Å²) in [6.07, 6.45) is 51.6. The first-order valence-corrected chi connectivity index (χ1v) is 21.1. The molecule has 0 aliphatic heterocycles. The van der Waals surface area contributed by atoms with Crippen LogP contribution in [0.5, 0.6) is 0 Å². The molecule has 300 valence electrons. The van der Waals surface area contributed by atoms with E-state index in [-0.39, 0.29) is 38.0 Å². The minimum absolute atomic E-state index is 0.129. The second kappa shape index (κ2) is 41.3.